The van der Waals surface area contributed by atoms with E-state index in [2.05, 4.69) is 20.5 Å². The molecule has 0 spiro atoms. The van der Waals surface area contributed by atoms with Crippen molar-refractivity contribution in [2.45, 2.75) is 25.3 Å². The Balaban J connectivity index is 0.00000196. The normalized spacial score (nSPS) is 25.3. The number of aliphatic hydroxyl groups is 1. The Morgan fingerprint density at radius 1 is 1.42 bits per heavy atom. The second-order valence-corrected chi connectivity index (χ2v) is 7.06. The van der Waals surface area contributed by atoms with Gasteiger partial charge in [-0.05, 0) is 37.9 Å². The average molecular weight is 378 g/mol. The molecular formula is C18H24ClN5O2. The highest BCUT2D eigenvalue weighted by molar-refractivity contribution is 5.95. The zero-order valence-corrected chi connectivity index (χ0v) is 15.3. The van der Waals surface area contributed by atoms with E-state index in [0.717, 1.165) is 31.4 Å². The number of nitrogens with zero attached hydrogens (tertiary/aromatic N) is 3. The van der Waals surface area contributed by atoms with E-state index in [1.54, 1.807) is 0 Å². The first-order valence-electron chi connectivity index (χ1n) is 8.81. The van der Waals surface area contributed by atoms with Gasteiger partial charge in [0, 0.05) is 35.7 Å². The van der Waals surface area contributed by atoms with Gasteiger partial charge in [-0.1, -0.05) is 12.1 Å². The number of amides is 1. The van der Waals surface area contributed by atoms with Crippen LogP contribution in [0.25, 0.3) is 11.4 Å². The number of halogens is 1. The molecule has 3 heterocycles. The molecule has 0 radical (unpaired) electrons. The Hall–Kier alpha value is -1.96. The zero-order chi connectivity index (χ0) is 17.3. The molecule has 0 saturated carbocycles. The Bertz CT molecular complexity index is 754. The van der Waals surface area contributed by atoms with Crippen molar-refractivity contribution in [1.82, 2.24) is 25.4 Å². The van der Waals surface area contributed by atoms with E-state index >= 15 is 0 Å². The van der Waals surface area contributed by atoms with Crippen molar-refractivity contribution in [2.24, 2.45) is 5.41 Å². The van der Waals surface area contributed by atoms with Gasteiger partial charge in [0.1, 0.15) is 6.33 Å². The molecule has 2 fully saturated rings. The van der Waals surface area contributed by atoms with Gasteiger partial charge in [-0.15, -0.1) is 12.4 Å². The number of aromatic nitrogens is 3. The summed E-state index contributed by atoms with van der Waals surface area (Å²) in [7, 11) is 0. The maximum absolute atomic E-state index is 13.0. The van der Waals surface area contributed by atoms with E-state index in [1.165, 1.54) is 6.33 Å². The SMILES string of the molecule is Cl.O=C(c1cccc(-c2ncn[nH]2)c1)N1CC[C@H]2NCCC[C@]2(CO)C1. The molecule has 26 heavy (non-hydrogen) atoms. The predicted molar refractivity (Wildman–Crippen MR) is 100 cm³/mol. The van der Waals surface area contributed by atoms with E-state index < -0.39 is 0 Å². The molecule has 7 nitrogen and oxygen atoms in total. The summed E-state index contributed by atoms with van der Waals surface area (Å²) in [6, 6.07) is 7.75. The van der Waals surface area contributed by atoms with Crippen molar-refractivity contribution >= 4 is 18.3 Å². The average Bonchev–Trinajstić information content (AvgIpc) is 3.22. The Kier molecular flexibility index (Phi) is 5.60. The molecule has 1 aromatic heterocycles. The van der Waals surface area contributed by atoms with Crippen LogP contribution < -0.4 is 5.32 Å². The van der Waals surface area contributed by atoms with Crippen molar-refractivity contribution in [3.63, 3.8) is 0 Å². The monoisotopic (exact) mass is 377 g/mol. The van der Waals surface area contributed by atoms with E-state index in [4.69, 9.17) is 0 Å². The van der Waals surface area contributed by atoms with Crippen LogP contribution in [0.5, 0.6) is 0 Å². The second kappa shape index (κ2) is 7.73. The van der Waals surface area contributed by atoms with Crippen molar-refractivity contribution in [3.8, 4) is 11.4 Å². The third-order valence-corrected chi connectivity index (χ3v) is 5.57. The minimum atomic E-state index is -0.214. The number of rotatable bonds is 3. The number of aliphatic hydroxyl groups excluding tert-OH is 1. The maximum Gasteiger partial charge on any atom is 0.253 e. The number of piperidine rings is 2. The molecule has 1 amide bonds. The molecule has 0 aliphatic carbocycles. The first-order valence-corrected chi connectivity index (χ1v) is 8.81. The summed E-state index contributed by atoms with van der Waals surface area (Å²) >= 11 is 0. The molecule has 2 saturated heterocycles. The summed E-state index contributed by atoms with van der Waals surface area (Å²) in [5, 5.41) is 20.2. The lowest BCUT2D eigenvalue weighted by atomic mass is 9.70. The standard InChI is InChI=1S/C18H23N5O2.ClH/c24-11-18-6-2-7-19-15(18)5-8-23(10-18)17(25)14-4-1-3-13(9-14)16-20-12-21-22-16;/h1,3-4,9,12,15,19,24H,2,5-8,10-11H2,(H,20,21,22);1H/t15-,18-;/m1./s1. The summed E-state index contributed by atoms with van der Waals surface area (Å²) in [5.41, 5.74) is 1.27. The number of likely N-dealkylation sites (tertiary alicyclic amines) is 1. The van der Waals surface area contributed by atoms with Gasteiger partial charge in [0.25, 0.3) is 5.91 Å². The van der Waals surface area contributed by atoms with Crippen LogP contribution in [0.4, 0.5) is 0 Å². The summed E-state index contributed by atoms with van der Waals surface area (Å²) in [4.78, 5) is 19.1. The minimum Gasteiger partial charge on any atom is -0.396 e. The molecule has 3 N–H and O–H groups in total. The third-order valence-electron chi connectivity index (χ3n) is 5.57. The molecule has 2 atom stereocenters. The summed E-state index contributed by atoms with van der Waals surface area (Å²) in [6.07, 6.45) is 4.34. The lowest BCUT2D eigenvalue weighted by Crippen LogP contribution is -2.62. The van der Waals surface area contributed by atoms with Crippen LogP contribution in [0.3, 0.4) is 0 Å². The van der Waals surface area contributed by atoms with E-state index in [0.29, 0.717) is 30.5 Å². The van der Waals surface area contributed by atoms with Gasteiger partial charge in [0.15, 0.2) is 5.82 Å². The van der Waals surface area contributed by atoms with Gasteiger partial charge in [-0.3, -0.25) is 9.89 Å². The van der Waals surface area contributed by atoms with Gasteiger partial charge < -0.3 is 15.3 Å². The number of benzene rings is 1. The van der Waals surface area contributed by atoms with E-state index in [9.17, 15) is 9.90 Å². The molecule has 140 valence electrons. The third kappa shape index (κ3) is 3.34. The van der Waals surface area contributed by atoms with Crippen molar-refractivity contribution in [2.75, 3.05) is 26.2 Å². The van der Waals surface area contributed by atoms with Crippen molar-refractivity contribution < 1.29 is 9.90 Å². The molecule has 4 rings (SSSR count). The number of hydrogen-bond acceptors (Lipinski definition) is 5. The second-order valence-electron chi connectivity index (χ2n) is 7.06. The number of nitrogens with one attached hydrogen (secondary N) is 2. The van der Waals surface area contributed by atoms with Crippen LogP contribution in [-0.2, 0) is 0 Å². The molecule has 2 aliphatic rings. The number of carbonyl (C=O) groups excluding carboxylic acids is 1. The fourth-order valence-electron chi connectivity index (χ4n) is 4.19. The smallest absolute Gasteiger partial charge is 0.253 e. The molecule has 1 aromatic carbocycles. The number of carbonyl (C=O) groups is 1. The highest BCUT2D eigenvalue weighted by atomic mass is 35.5. The topological polar surface area (TPSA) is 94.1 Å². The molecule has 2 aromatic rings. The highest BCUT2D eigenvalue weighted by Gasteiger charge is 2.45. The van der Waals surface area contributed by atoms with Crippen LogP contribution in [0.2, 0.25) is 0 Å². The molecule has 0 unspecified atom stereocenters. The van der Waals surface area contributed by atoms with Crippen molar-refractivity contribution in [1.29, 1.82) is 0 Å². The Morgan fingerprint density at radius 2 is 2.31 bits per heavy atom. The molecular weight excluding hydrogens is 354 g/mol. The molecule has 2 aliphatic heterocycles. The fourth-order valence-corrected chi connectivity index (χ4v) is 4.19. The van der Waals surface area contributed by atoms with Gasteiger partial charge in [-0.2, -0.15) is 5.10 Å². The van der Waals surface area contributed by atoms with Crippen LogP contribution in [0.1, 0.15) is 29.6 Å². The number of fused-ring (bicyclic) bond motifs is 1. The minimum absolute atomic E-state index is 0. The molecule has 0 bridgehead atoms. The molecule has 8 heteroatoms. The number of hydrogen-bond donors (Lipinski definition) is 3. The number of H-pyrrole nitrogens is 1. The van der Waals surface area contributed by atoms with Crippen molar-refractivity contribution in [3.05, 3.63) is 36.2 Å². The highest BCUT2D eigenvalue weighted by Crippen LogP contribution is 2.37. The van der Waals surface area contributed by atoms with Crippen LogP contribution >= 0.6 is 12.4 Å². The first-order chi connectivity index (χ1) is 12.2. The maximum atomic E-state index is 13.0. The van der Waals surface area contributed by atoms with Crippen LogP contribution in [0.15, 0.2) is 30.6 Å². The fraction of sp³-hybridized carbons (Fsp3) is 0.500. The van der Waals surface area contributed by atoms with Gasteiger partial charge in [0.2, 0.25) is 0 Å². The van der Waals surface area contributed by atoms with E-state index in [1.807, 2.05) is 29.2 Å². The largest absolute Gasteiger partial charge is 0.396 e. The van der Waals surface area contributed by atoms with Crippen LogP contribution in [-0.4, -0.2) is 63.4 Å². The Morgan fingerprint density at radius 3 is 3.08 bits per heavy atom. The van der Waals surface area contributed by atoms with E-state index in [-0.39, 0.29) is 30.3 Å². The summed E-state index contributed by atoms with van der Waals surface area (Å²) in [6.45, 7) is 2.43. The summed E-state index contributed by atoms with van der Waals surface area (Å²) < 4.78 is 0. The Labute approximate surface area is 158 Å². The van der Waals surface area contributed by atoms with Gasteiger partial charge >= 0.3 is 0 Å². The van der Waals surface area contributed by atoms with Gasteiger partial charge in [-0.25, -0.2) is 4.98 Å². The lowest BCUT2D eigenvalue weighted by molar-refractivity contribution is -0.0137. The number of aromatic amines is 1. The predicted octanol–water partition coefficient (Wildman–Crippen LogP) is 1.47. The quantitative estimate of drug-likeness (QED) is 0.753. The zero-order valence-electron chi connectivity index (χ0n) is 14.5. The van der Waals surface area contributed by atoms with Gasteiger partial charge in [0.05, 0.1) is 6.61 Å². The first kappa shape index (κ1) is 18.8. The summed E-state index contributed by atoms with van der Waals surface area (Å²) in [5.74, 6) is 0.662. The lowest BCUT2D eigenvalue weighted by Gasteiger charge is -2.50. The van der Waals surface area contributed by atoms with Crippen LogP contribution in [0, 0.1) is 5.41 Å².